The number of hydrogen-bond donors (Lipinski definition) is 2. The van der Waals surface area contributed by atoms with Crippen molar-refractivity contribution in [3.8, 4) is 17.0 Å². The van der Waals surface area contributed by atoms with Gasteiger partial charge in [0.05, 0.1) is 6.61 Å². The lowest BCUT2D eigenvalue weighted by Crippen LogP contribution is -1.99. The predicted octanol–water partition coefficient (Wildman–Crippen LogP) is 5.08. The average Bonchev–Trinajstić information content (AvgIpc) is 3.00. The smallest absolute Gasteiger partial charge is 0.120 e. The van der Waals surface area contributed by atoms with E-state index in [2.05, 4.69) is 48.3 Å². The van der Waals surface area contributed by atoms with E-state index in [4.69, 9.17) is 10.5 Å². The van der Waals surface area contributed by atoms with Gasteiger partial charge in [-0.15, -0.1) is 0 Å². The molecule has 0 aliphatic heterocycles. The summed E-state index contributed by atoms with van der Waals surface area (Å²) in [7, 11) is 0. The standard InChI is InChI=1S/C22H28N2O/c1-3-16-8-10-17(11-9-16)22-19(7-5-6-14-23)20-15-18(25-4-2)12-13-21(20)24-22/h8-13,15,24H,3-7,14,23H2,1-2H3. The van der Waals surface area contributed by atoms with Crippen LogP contribution in [0.5, 0.6) is 5.75 Å². The van der Waals surface area contributed by atoms with Gasteiger partial charge < -0.3 is 15.5 Å². The Labute approximate surface area is 150 Å². The first-order valence-electron chi connectivity index (χ1n) is 9.33. The van der Waals surface area contributed by atoms with Crippen LogP contribution in [0.1, 0.15) is 37.8 Å². The third-order valence-electron chi connectivity index (χ3n) is 4.72. The fourth-order valence-electron chi connectivity index (χ4n) is 3.34. The minimum atomic E-state index is 0.684. The van der Waals surface area contributed by atoms with Gasteiger partial charge >= 0.3 is 0 Å². The summed E-state index contributed by atoms with van der Waals surface area (Å²) in [6.45, 7) is 5.63. The first kappa shape index (κ1) is 17.6. The van der Waals surface area contributed by atoms with Crippen LogP contribution in [0.2, 0.25) is 0 Å². The number of hydrogen-bond acceptors (Lipinski definition) is 2. The van der Waals surface area contributed by atoms with Crippen molar-refractivity contribution >= 4 is 10.9 Å². The highest BCUT2D eigenvalue weighted by molar-refractivity contribution is 5.91. The molecule has 0 spiro atoms. The van der Waals surface area contributed by atoms with E-state index in [0.29, 0.717) is 6.61 Å². The van der Waals surface area contributed by atoms with Crippen molar-refractivity contribution in [3.05, 3.63) is 53.6 Å². The van der Waals surface area contributed by atoms with Crippen LogP contribution in [0, 0.1) is 0 Å². The molecular weight excluding hydrogens is 308 g/mol. The third kappa shape index (κ3) is 3.88. The summed E-state index contributed by atoms with van der Waals surface area (Å²) < 4.78 is 5.71. The first-order valence-corrected chi connectivity index (χ1v) is 9.33. The van der Waals surface area contributed by atoms with Crippen LogP contribution in [0.3, 0.4) is 0 Å². The quantitative estimate of drug-likeness (QED) is 0.564. The van der Waals surface area contributed by atoms with E-state index < -0.39 is 0 Å². The van der Waals surface area contributed by atoms with Crippen molar-refractivity contribution in [2.24, 2.45) is 5.73 Å². The molecule has 2 aromatic carbocycles. The number of nitrogens with two attached hydrogens (primary N) is 1. The Morgan fingerprint density at radius 3 is 2.48 bits per heavy atom. The highest BCUT2D eigenvalue weighted by atomic mass is 16.5. The highest BCUT2D eigenvalue weighted by Gasteiger charge is 2.14. The molecule has 3 nitrogen and oxygen atoms in total. The number of rotatable bonds is 8. The Kier molecular flexibility index (Phi) is 5.77. The molecule has 0 bridgehead atoms. The van der Waals surface area contributed by atoms with Gasteiger partial charge in [-0.3, -0.25) is 0 Å². The Balaban J connectivity index is 2.06. The van der Waals surface area contributed by atoms with Gasteiger partial charge in [-0.05, 0) is 74.0 Å². The van der Waals surface area contributed by atoms with E-state index >= 15 is 0 Å². The van der Waals surface area contributed by atoms with Crippen LogP contribution in [-0.4, -0.2) is 18.1 Å². The van der Waals surface area contributed by atoms with E-state index in [1.54, 1.807) is 0 Å². The van der Waals surface area contributed by atoms with Crippen molar-refractivity contribution in [2.45, 2.75) is 39.5 Å². The summed E-state index contributed by atoms with van der Waals surface area (Å²) in [5, 5.41) is 1.26. The van der Waals surface area contributed by atoms with Crippen LogP contribution >= 0.6 is 0 Å². The van der Waals surface area contributed by atoms with Crippen LogP contribution in [0.15, 0.2) is 42.5 Å². The molecule has 3 rings (SSSR count). The topological polar surface area (TPSA) is 51.0 Å². The van der Waals surface area contributed by atoms with E-state index in [1.807, 2.05) is 13.0 Å². The molecule has 25 heavy (non-hydrogen) atoms. The first-order chi connectivity index (χ1) is 12.3. The second-order valence-electron chi connectivity index (χ2n) is 6.42. The molecule has 1 aromatic heterocycles. The summed E-state index contributed by atoms with van der Waals surface area (Å²) >= 11 is 0. The summed E-state index contributed by atoms with van der Waals surface area (Å²) in [6, 6.07) is 15.2. The van der Waals surface area contributed by atoms with E-state index in [-0.39, 0.29) is 0 Å². The van der Waals surface area contributed by atoms with Crippen LogP contribution in [0.4, 0.5) is 0 Å². The summed E-state index contributed by atoms with van der Waals surface area (Å²) in [5.74, 6) is 0.932. The zero-order chi connectivity index (χ0) is 17.6. The molecule has 0 aliphatic carbocycles. The SMILES string of the molecule is CCOc1ccc2[nH]c(-c3ccc(CC)cc3)c(CCCCN)c2c1. The maximum atomic E-state index is 5.71. The number of fused-ring (bicyclic) bond motifs is 1. The van der Waals surface area contributed by atoms with Gasteiger partial charge in [-0.25, -0.2) is 0 Å². The fraction of sp³-hybridized carbons (Fsp3) is 0.364. The summed E-state index contributed by atoms with van der Waals surface area (Å²) in [4.78, 5) is 3.63. The van der Waals surface area contributed by atoms with Gasteiger partial charge in [0.1, 0.15) is 5.75 Å². The highest BCUT2D eigenvalue weighted by Crippen LogP contribution is 2.34. The number of aromatic amines is 1. The maximum absolute atomic E-state index is 5.71. The van der Waals surface area contributed by atoms with Gasteiger partial charge in [0.2, 0.25) is 0 Å². The van der Waals surface area contributed by atoms with E-state index in [0.717, 1.165) is 38.0 Å². The third-order valence-corrected chi connectivity index (χ3v) is 4.72. The van der Waals surface area contributed by atoms with Crippen molar-refractivity contribution in [3.63, 3.8) is 0 Å². The molecule has 0 saturated carbocycles. The number of aromatic nitrogens is 1. The second-order valence-corrected chi connectivity index (χ2v) is 6.42. The fourth-order valence-corrected chi connectivity index (χ4v) is 3.34. The summed E-state index contributed by atoms with van der Waals surface area (Å²) in [6.07, 6.45) is 4.24. The Morgan fingerprint density at radius 1 is 1.00 bits per heavy atom. The predicted molar refractivity (Wildman–Crippen MR) is 106 cm³/mol. The van der Waals surface area contributed by atoms with Gasteiger partial charge in [0, 0.05) is 16.6 Å². The minimum Gasteiger partial charge on any atom is -0.494 e. The monoisotopic (exact) mass is 336 g/mol. The molecule has 0 atom stereocenters. The van der Waals surface area contributed by atoms with Crippen molar-refractivity contribution in [1.82, 2.24) is 4.98 Å². The molecule has 132 valence electrons. The molecule has 3 heteroatoms. The number of benzene rings is 2. The Bertz CT molecular complexity index is 818. The number of nitrogens with one attached hydrogen (secondary N) is 1. The van der Waals surface area contributed by atoms with Crippen LogP contribution < -0.4 is 10.5 Å². The Morgan fingerprint density at radius 2 is 1.80 bits per heavy atom. The molecule has 3 N–H and O–H groups in total. The van der Waals surface area contributed by atoms with E-state index in [1.165, 1.54) is 33.3 Å². The summed E-state index contributed by atoms with van der Waals surface area (Å²) in [5.41, 5.74) is 12.1. The zero-order valence-corrected chi connectivity index (χ0v) is 15.3. The molecule has 0 unspecified atom stereocenters. The van der Waals surface area contributed by atoms with Gasteiger partial charge in [-0.2, -0.15) is 0 Å². The Hall–Kier alpha value is -2.26. The molecule has 0 saturated heterocycles. The normalized spacial score (nSPS) is 11.2. The lowest BCUT2D eigenvalue weighted by atomic mass is 9.99. The molecular formula is C22H28N2O. The average molecular weight is 336 g/mol. The van der Waals surface area contributed by atoms with Gasteiger partial charge in [0.15, 0.2) is 0 Å². The van der Waals surface area contributed by atoms with E-state index in [9.17, 15) is 0 Å². The second kappa shape index (κ2) is 8.21. The number of ether oxygens (including phenoxy) is 1. The zero-order valence-electron chi connectivity index (χ0n) is 15.3. The van der Waals surface area contributed by atoms with Gasteiger partial charge in [0.25, 0.3) is 0 Å². The number of aryl methyl sites for hydroxylation is 2. The molecule has 0 amide bonds. The largest absolute Gasteiger partial charge is 0.494 e. The van der Waals surface area contributed by atoms with Crippen LogP contribution in [0.25, 0.3) is 22.2 Å². The maximum Gasteiger partial charge on any atom is 0.120 e. The number of unbranched alkanes of at least 4 members (excludes halogenated alkanes) is 1. The molecule has 0 aliphatic rings. The van der Waals surface area contributed by atoms with Crippen molar-refractivity contribution in [1.29, 1.82) is 0 Å². The van der Waals surface area contributed by atoms with Crippen molar-refractivity contribution in [2.75, 3.05) is 13.2 Å². The van der Waals surface area contributed by atoms with Crippen LogP contribution in [-0.2, 0) is 12.8 Å². The number of H-pyrrole nitrogens is 1. The molecule has 1 heterocycles. The lowest BCUT2D eigenvalue weighted by Gasteiger charge is -2.07. The minimum absolute atomic E-state index is 0.684. The molecule has 0 radical (unpaired) electrons. The molecule has 3 aromatic rings. The lowest BCUT2D eigenvalue weighted by molar-refractivity contribution is 0.340. The van der Waals surface area contributed by atoms with Gasteiger partial charge in [-0.1, -0.05) is 31.2 Å². The molecule has 0 fully saturated rings. The van der Waals surface area contributed by atoms with Crippen molar-refractivity contribution < 1.29 is 4.74 Å².